The van der Waals surface area contributed by atoms with Crippen LogP contribution in [0.5, 0.6) is 0 Å². The van der Waals surface area contributed by atoms with Gasteiger partial charge in [0.1, 0.15) is 0 Å². The Hall–Kier alpha value is -2.49. The molecule has 0 fully saturated rings. The normalized spacial score (nSPS) is 13.8. The van der Waals surface area contributed by atoms with Crippen LogP contribution in [-0.4, -0.2) is 16.5 Å². The van der Waals surface area contributed by atoms with Crippen molar-refractivity contribution in [3.63, 3.8) is 0 Å². The molecule has 0 aliphatic carbocycles. The number of hydrogen-bond acceptors (Lipinski definition) is 3. The summed E-state index contributed by atoms with van der Waals surface area (Å²) in [6, 6.07) is 9.59. The van der Waals surface area contributed by atoms with Crippen molar-refractivity contribution in [2.24, 2.45) is 0 Å². The molecular formula is C16H12FN3. The molecule has 20 heavy (non-hydrogen) atoms. The Morgan fingerprint density at radius 1 is 1.10 bits per heavy atom. The van der Waals surface area contributed by atoms with E-state index < -0.39 is 0 Å². The molecule has 3 aromatic rings. The molecule has 3 nitrogen and oxygen atoms in total. The number of pyridine rings is 2. The van der Waals surface area contributed by atoms with Crippen LogP contribution < -0.4 is 4.90 Å². The Morgan fingerprint density at radius 3 is 2.95 bits per heavy atom. The molecule has 0 bridgehead atoms. The minimum atomic E-state index is -0.284. The number of benzene rings is 1. The van der Waals surface area contributed by atoms with E-state index in [2.05, 4.69) is 9.97 Å². The Balaban J connectivity index is 1.98. The third-order valence-corrected chi connectivity index (χ3v) is 3.75. The van der Waals surface area contributed by atoms with Gasteiger partial charge in [0.15, 0.2) is 5.82 Å². The maximum Gasteiger partial charge on any atom is 0.165 e. The fraction of sp³-hybridized carbons (Fsp3) is 0.125. The van der Waals surface area contributed by atoms with Crippen LogP contribution in [-0.2, 0) is 6.42 Å². The molecule has 4 rings (SSSR count). The second-order valence-corrected chi connectivity index (χ2v) is 4.88. The lowest BCUT2D eigenvalue weighted by Gasteiger charge is -2.21. The van der Waals surface area contributed by atoms with Crippen LogP contribution in [0, 0.1) is 5.82 Å². The summed E-state index contributed by atoms with van der Waals surface area (Å²) in [4.78, 5) is 10.3. The summed E-state index contributed by atoms with van der Waals surface area (Å²) < 4.78 is 14.3. The molecule has 0 atom stereocenters. The molecule has 1 aliphatic heterocycles. The molecule has 4 heteroatoms. The topological polar surface area (TPSA) is 29.0 Å². The highest BCUT2D eigenvalue weighted by atomic mass is 19.1. The Labute approximate surface area is 115 Å². The molecule has 1 aliphatic rings. The van der Waals surface area contributed by atoms with Crippen LogP contribution >= 0.6 is 0 Å². The number of halogens is 1. The SMILES string of the molecule is Fc1cnc2ccccc2c1N1CCc2cnccc21. The number of para-hydroxylation sites is 1. The van der Waals surface area contributed by atoms with Crippen LogP contribution in [0.15, 0.2) is 48.9 Å². The summed E-state index contributed by atoms with van der Waals surface area (Å²) in [5, 5.41) is 0.845. The van der Waals surface area contributed by atoms with Crippen molar-refractivity contribution in [1.29, 1.82) is 0 Å². The highest BCUT2D eigenvalue weighted by Gasteiger charge is 2.24. The van der Waals surface area contributed by atoms with E-state index in [0.717, 1.165) is 35.1 Å². The molecule has 0 saturated carbocycles. The fourth-order valence-electron chi connectivity index (χ4n) is 2.84. The minimum absolute atomic E-state index is 0.284. The van der Waals surface area contributed by atoms with Crippen molar-refractivity contribution in [1.82, 2.24) is 9.97 Å². The summed E-state index contributed by atoms with van der Waals surface area (Å²) in [6.07, 6.45) is 5.80. The van der Waals surface area contributed by atoms with Crippen LogP contribution in [0.3, 0.4) is 0 Å². The lowest BCUT2D eigenvalue weighted by molar-refractivity contribution is 0.622. The highest BCUT2D eigenvalue weighted by molar-refractivity contribution is 5.94. The smallest absolute Gasteiger partial charge is 0.165 e. The number of hydrogen-bond donors (Lipinski definition) is 0. The first-order valence-electron chi connectivity index (χ1n) is 6.58. The predicted octanol–water partition coefficient (Wildman–Crippen LogP) is 3.46. The zero-order valence-electron chi connectivity index (χ0n) is 10.8. The van der Waals surface area contributed by atoms with E-state index in [0.29, 0.717) is 5.69 Å². The zero-order chi connectivity index (χ0) is 13.5. The lowest BCUT2D eigenvalue weighted by Crippen LogP contribution is -2.15. The Morgan fingerprint density at radius 2 is 2.00 bits per heavy atom. The van der Waals surface area contributed by atoms with E-state index in [1.54, 1.807) is 6.20 Å². The average molecular weight is 265 g/mol. The Kier molecular flexibility index (Phi) is 2.42. The monoisotopic (exact) mass is 265 g/mol. The van der Waals surface area contributed by atoms with Gasteiger partial charge in [0, 0.05) is 30.0 Å². The van der Waals surface area contributed by atoms with E-state index in [-0.39, 0.29) is 5.82 Å². The van der Waals surface area contributed by atoms with E-state index in [1.165, 1.54) is 6.20 Å². The standard InChI is InChI=1S/C16H12FN3/c17-13-10-19-14-4-2-1-3-12(14)16(13)20-8-6-11-9-18-7-5-15(11)20/h1-5,7,9-10H,6,8H2. The van der Waals surface area contributed by atoms with Crippen LogP contribution in [0.1, 0.15) is 5.56 Å². The third-order valence-electron chi connectivity index (χ3n) is 3.75. The number of fused-ring (bicyclic) bond motifs is 2. The van der Waals surface area contributed by atoms with Crippen LogP contribution in [0.4, 0.5) is 15.8 Å². The maximum absolute atomic E-state index is 14.3. The molecule has 2 aromatic heterocycles. The fourth-order valence-corrected chi connectivity index (χ4v) is 2.84. The van der Waals surface area contributed by atoms with Gasteiger partial charge in [-0.2, -0.15) is 0 Å². The molecule has 3 heterocycles. The van der Waals surface area contributed by atoms with Gasteiger partial charge in [0.2, 0.25) is 0 Å². The molecule has 0 radical (unpaired) electrons. The maximum atomic E-state index is 14.3. The highest BCUT2D eigenvalue weighted by Crippen LogP contribution is 2.38. The zero-order valence-corrected chi connectivity index (χ0v) is 10.8. The molecular weight excluding hydrogens is 253 g/mol. The van der Waals surface area contributed by atoms with Crippen molar-refractivity contribution >= 4 is 22.3 Å². The second kappa shape index (κ2) is 4.27. The summed E-state index contributed by atoms with van der Waals surface area (Å²) >= 11 is 0. The molecule has 0 spiro atoms. The van der Waals surface area contributed by atoms with Gasteiger partial charge in [-0.25, -0.2) is 4.39 Å². The Bertz CT molecular complexity index is 801. The van der Waals surface area contributed by atoms with Gasteiger partial charge in [-0.3, -0.25) is 9.97 Å². The molecule has 0 unspecified atom stereocenters. The largest absolute Gasteiger partial charge is 0.338 e. The first-order chi connectivity index (χ1) is 9.84. The molecule has 0 N–H and O–H groups in total. The number of nitrogens with zero attached hydrogens (tertiary/aromatic N) is 3. The van der Waals surface area contributed by atoms with Crippen molar-refractivity contribution in [2.45, 2.75) is 6.42 Å². The van der Waals surface area contributed by atoms with Gasteiger partial charge in [0.25, 0.3) is 0 Å². The molecule has 1 aromatic carbocycles. The van der Waals surface area contributed by atoms with Gasteiger partial charge in [-0.05, 0) is 24.1 Å². The molecule has 0 saturated heterocycles. The van der Waals surface area contributed by atoms with Gasteiger partial charge in [-0.1, -0.05) is 18.2 Å². The number of rotatable bonds is 1. The summed E-state index contributed by atoms with van der Waals surface area (Å²) in [5.74, 6) is -0.284. The molecule has 0 amide bonds. The summed E-state index contributed by atoms with van der Waals surface area (Å²) in [6.45, 7) is 0.770. The van der Waals surface area contributed by atoms with E-state index in [9.17, 15) is 4.39 Å². The molecule has 98 valence electrons. The van der Waals surface area contributed by atoms with Gasteiger partial charge in [0.05, 0.1) is 17.4 Å². The lowest BCUT2D eigenvalue weighted by atomic mass is 10.1. The van der Waals surface area contributed by atoms with Crippen molar-refractivity contribution in [2.75, 3.05) is 11.4 Å². The van der Waals surface area contributed by atoms with Gasteiger partial charge < -0.3 is 4.90 Å². The van der Waals surface area contributed by atoms with E-state index >= 15 is 0 Å². The van der Waals surface area contributed by atoms with Crippen LogP contribution in [0.25, 0.3) is 10.9 Å². The quantitative estimate of drug-likeness (QED) is 0.674. The van der Waals surface area contributed by atoms with Crippen LogP contribution in [0.2, 0.25) is 0 Å². The van der Waals surface area contributed by atoms with Gasteiger partial charge >= 0.3 is 0 Å². The van der Waals surface area contributed by atoms with Crippen molar-refractivity contribution in [3.8, 4) is 0 Å². The first kappa shape index (κ1) is 11.3. The summed E-state index contributed by atoms with van der Waals surface area (Å²) in [5.41, 5.74) is 3.62. The summed E-state index contributed by atoms with van der Waals surface area (Å²) in [7, 11) is 0. The predicted molar refractivity (Wildman–Crippen MR) is 76.6 cm³/mol. The van der Waals surface area contributed by atoms with Crippen molar-refractivity contribution < 1.29 is 4.39 Å². The first-order valence-corrected chi connectivity index (χ1v) is 6.58. The van der Waals surface area contributed by atoms with Gasteiger partial charge in [-0.15, -0.1) is 0 Å². The minimum Gasteiger partial charge on any atom is -0.338 e. The second-order valence-electron chi connectivity index (χ2n) is 4.88. The van der Waals surface area contributed by atoms with E-state index in [1.807, 2.05) is 41.4 Å². The third kappa shape index (κ3) is 1.58. The number of anilines is 2. The van der Waals surface area contributed by atoms with E-state index in [4.69, 9.17) is 0 Å². The van der Waals surface area contributed by atoms with Crippen molar-refractivity contribution in [3.05, 3.63) is 60.3 Å². The average Bonchev–Trinajstić information content (AvgIpc) is 2.91. The number of aromatic nitrogens is 2.